The van der Waals surface area contributed by atoms with Gasteiger partial charge in [-0.2, -0.15) is 0 Å². The highest BCUT2D eigenvalue weighted by molar-refractivity contribution is 9.10. The summed E-state index contributed by atoms with van der Waals surface area (Å²) in [5.41, 5.74) is 1.22. The van der Waals surface area contributed by atoms with Crippen LogP contribution in [0.1, 0.15) is 24.7 Å². The van der Waals surface area contributed by atoms with Gasteiger partial charge in [-0.15, -0.1) is 0 Å². The molecule has 102 valence electrons. The Bertz CT molecular complexity index is 513. The number of rotatable bonds is 6. The van der Waals surface area contributed by atoms with Crippen molar-refractivity contribution in [3.63, 3.8) is 0 Å². The average Bonchev–Trinajstić information content (AvgIpc) is 2.91. The molecule has 1 aromatic heterocycles. The van der Waals surface area contributed by atoms with Crippen molar-refractivity contribution in [1.82, 2.24) is 5.32 Å². The van der Waals surface area contributed by atoms with Gasteiger partial charge in [-0.3, -0.25) is 0 Å². The fraction of sp³-hybridized carbons (Fsp3) is 0.333. The molecule has 0 radical (unpaired) electrons. The SMILES string of the molecule is CC(CCc1ccco1)NCc1ccc(Cl)c(Br)c1. The number of aryl methyl sites for hydroxylation is 1. The number of hydrogen-bond donors (Lipinski definition) is 1. The second kappa shape index (κ2) is 7.13. The largest absolute Gasteiger partial charge is 0.469 e. The molecular formula is C15H17BrClNO. The van der Waals surface area contributed by atoms with Crippen LogP contribution in [0.15, 0.2) is 45.5 Å². The van der Waals surface area contributed by atoms with Crippen molar-refractivity contribution < 1.29 is 4.42 Å². The van der Waals surface area contributed by atoms with E-state index in [1.807, 2.05) is 24.3 Å². The van der Waals surface area contributed by atoms with Gasteiger partial charge in [0.25, 0.3) is 0 Å². The van der Waals surface area contributed by atoms with E-state index in [1.54, 1.807) is 6.26 Å². The van der Waals surface area contributed by atoms with Crippen molar-refractivity contribution in [2.45, 2.75) is 32.4 Å². The predicted molar refractivity (Wildman–Crippen MR) is 82.5 cm³/mol. The van der Waals surface area contributed by atoms with E-state index in [9.17, 15) is 0 Å². The quantitative estimate of drug-likeness (QED) is 0.815. The molecule has 1 aromatic carbocycles. The van der Waals surface area contributed by atoms with Gasteiger partial charge in [0.1, 0.15) is 5.76 Å². The predicted octanol–water partition coefficient (Wildman–Crippen LogP) is 4.81. The summed E-state index contributed by atoms with van der Waals surface area (Å²) in [5.74, 6) is 1.04. The smallest absolute Gasteiger partial charge is 0.103 e. The van der Waals surface area contributed by atoms with Crippen LogP contribution in [0.25, 0.3) is 0 Å². The summed E-state index contributed by atoms with van der Waals surface area (Å²) in [4.78, 5) is 0. The van der Waals surface area contributed by atoms with E-state index in [2.05, 4.69) is 34.2 Å². The molecule has 2 aromatic rings. The molecule has 0 amide bonds. The van der Waals surface area contributed by atoms with Gasteiger partial charge < -0.3 is 9.73 Å². The van der Waals surface area contributed by atoms with Crippen molar-refractivity contribution in [1.29, 1.82) is 0 Å². The summed E-state index contributed by atoms with van der Waals surface area (Å²) in [6.07, 6.45) is 3.74. The van der Waals surface area contributed by atoms with Crippen molar-refractivity contribution in [3.05, 3.63) is 57.4 Å². The van der Waals surface area contributed by atoms with Crippen LogP contribution in [0.2, 0.25) is 5.02 Å². The third kappa shape index (κ3) is 4.68. The maximum atomic E-state index is 5.97. The number of benzene rings is 1. The van der Waals surface area contributed by atoms with E-state index in [4.69, 9.17) is 16.0 Å². The van der Waals surface area contributed by atoms with Gasteiger partial charge in [-0.25, -0.2) is 0 Å². The highest BCUT2D eigenvalue weighted by atomic mass is 79.9. The third-order valence-corrected chi connectivity index (χ3v) is 4.26. The third-order valence-electron chi connectivity index (χ3n) is 3.04. The molecular weight excluding hydrogens is 326 g/mol. The molecule has 0 saturated heterocycles. The first kappa shape index (κ1) is 14.6. The Labute approximate surface area is 127 Å². The van der Waals surface area contributed by atoms with Gasteiger partial charge in [-0.1, -0.05) is 17.7 Å². The van der Waals surface area contributed by atoms with Crippen LogP contribution in [-0.2, 0) is 13.0 Å². The average molecular weight is 343 g/mol. The lowest BCUT2D eigenvalue weighted by atomic mass is 10.1. The van der Waals surface area contributed by atoms with Crippen LogP contribution >= 0.6 is 27.5 Å². The normalized spacial score (nSPS) is 12.6. The molecule has 0 fully saturated rings. The molecule has 1 atom stereocenters. The number of halogens is 2. The Hall–Kier alpha value is -0.770. The van der Waals surface area contributed by atoms with E-state index in [1.165, 1.54) is 5.56 Å². The number of furan rings is 1. The van der Waals surface area contributed by atoms with Crippen molar-refractivity contribution >= 4 is 27.5 Å². The van der Waals surface area contributed by atoms with Crippen LogP contribution in [0.5, 0.6) is 0 Å². The Kier molecular flexibility index (Phi) is 5.49. The van der Waals surface area contributed by atoms with Crippen LogP contribution in [0, 0.1) is 0 Å². The summed E-state index contributed by atoms with van der Waals surface area (Å²) in [5, 5.41) is 4.25. The van der Waals surface area contributed by atoms with Gasteiger partial charge >= 0.3 is 0 Å². The molecule has 4 heteroatoms. The standard InChI is InChI=1S/C15H17BrClNO/c1-11(4-6-13-3-2-8-19-13)18-10-12-5-7-15(17)14(16)9-12/h2-3,5,7-9,11,18H,4,6,10H2,1H3. The Morgan fingerprint density at radius 3 is 2.89 bits per heavy atom. The lowest BCUT2D eigenvalue weighted by Gasteiger charge is -2.13. The maximum absolute atomic E-state index is 5.97. The Balaban J connectivity index is 1.76. The molecule has 0 bridgehead atoms. The maximum Gasteiger partial charge on any atom is 0.103 e. The van der Waals surface area contributed by atoms with Crippen LogP contribution < -0.4 is 5.32 Å². The van der Waals surface area contributed by atoms with Gasteiger partial charge in [0.15, 0.2) is 0 Å². The van der Waals surface area contributed by atoms with Gasteiger partial charge in [0.05, 0.1) is 11.3 Å². The summed E-state index contributed by atoms with van der Waals surface area (Å²) >= 11 is 9.41. The second-order valence-corrected chi connectivity index (χ2v) is 5.91. The fourth-order valence-electron chi connectivity index (χ4n) is 1.86. The minimum absolute atomic E-state index is 0.444. The Morgan fingerprint density at radius 2 is 2.21 bits per heavy atom. The van der Waals surface area contributed by atoms with E-state index in [0.29, 0.717) is 6.04 Å². The van der Waals surface area contributed by atoms with Gasteiger partial charge in [-0.05, 0) is 59.1 Å². The topological polar surface area (TPSA) is 25.2 Å². The monoisotopic (exact) mass is 341 g/mol. The Morgan fingerprint density at radius 1 is 1.37 bits per heavy atom. The molecule has 19 heavy (non-hydrogen) atoms. The highest BCUT2D eigenvalue weighted by Gasteiger charge is 2.05. The number of hydrogen-bond acceptors (Lipinski definition) is 2. The van der Waals surface area contributed by atoms with E-state index < -0.39 is 0 Å². The lowest BCUT2D eigenvalue weighted by molar-refractivity contribution is 0.460. The molecule has 0 aliphatic carbocycles. The van der Waals surface area contributed by atoms with E-state index in [-0.39, 0.29) is 0 Å². The van der Waals surface area contributed by atoms with Crippen molar-refractivity contribution in [3.8, 4) is 0 Å². The first-order valence-corrected chi connectivity index (χ1v) is 7.52. The van der Waals surface area contributed by atoms with Crippen molar-refractivity contribution in [2.24, 2.45) is 0 Å². The van der Waals surface area contributed by atoms with Crippen molar-refractivity contribution in [2.75, 3.05) is 0 Å². The molecule has 2 rings (SSSR count). The molecule has 1 heterocycles. The minimum atomic E-state index is 0.444. The van der Waals surface area contributed by atoms with Gasteiger partial charge in [0.2, 0.25) is 0 Å². The zero-order valence-corrected chi connectivity index (χ0v) is 13.2. The van der Waals surface area contributed by atoms with Crippen LogP contribution in [0.3, 0.4) is 0 Å². The first-order valence-electron chi connectivity index (χ1n) is 6.35. The molecule has 0 spiro atoms. The van der Waals surface area contributed by atoms with Gasteiger partial charge in [0, 0.05) is 23.5 Å². The fourth-order valence-corrected chi connectivity index (χ4v) is 2.40. The molecule has 1 unspecified atom stereocenters. The molecule has 0 aliphatic rings. The summed E-state index contributed by atoms with van der Waals surface area (Å²) in [6.45, 7) is 3.03. The van der Waals surface area contributed by atoms with Crippen LogP contribution in [-0.4, -0.2) is 6.04 Å². The first-order chi connectivity index (χ1) is 9.15. The van der Waals surface area contributed by atoms with Crippen LogP contribution in [0.4, 0.5) is 0 Å². The summed E-state index contributed by atoms with van der Waals surface area (Å²) in [6, 6.07) is 10.4. The van der Waals surface area contributed by atoms with E-state index >= 15 is 0 Å². The molecule has 0 aliphatic heterocycles. The molecule has 2 nitrogen and oxygen atoms in total. The lowest BCUT2D eigenvalue weighted by Crippen LogP contribution is -2.25. The summed E-state index contributed by atoms with van der Waals surface area (Å²) in [7, 11) is 0. The highest BCUT2D eigenvalue weighted by Crippen LogP contribution is 2.23. The second-order valence-electron chi connectivity index (χ2n) is 4.65. The molecule has 1 N–H and O–H groups in total. The zero-order chi connectivity index (χ0) is 13.7. The zero-order valence-electron chi connectivity index (χ0n) is 10.8. The minimum Gasteiger partial charge on any atom is -0.469 e. The molecule has 0 saturated carbocycles. The summed E-state index contributed by atoms with van der Waals surface area (Å²) < 4.78 is 6.27. The number of nitrogens with one attached hydrogen (secondary N) is 1. The van der Waals surface area contributed by atoms with E-state index in [0.717, 1.165) is 34.6 Å².